The van der Waals surface area contributed by atoms with Crippen molar-refractivity contribution in [3.8, 4) is 0 Å². The van der Waals surface area contributed by atoms with Crippen molar-refractivity contribution in [1.29, 1.82) is 0 Å². The average Bonchev–Trinajstić information content (AvgIpc) is 3.95. The molecule has 2 radical (unpaired) electrons. The fraction of sp³-hybridized carbons (Fsp3) is 0.673. The summed E-state index contributed by atoms with van der Waals surface area (Å²) in [4.78, 5) is 111. The summed E-state index contributed by atoms with van der Waals surface area (Å²) in [6.45, 7) is 15.1. The van der Waals surface area contributed by atoms with Gasteiger partial charge >= 0.3 is 58.6 Å². The van der Waals surface area contributed by atoms with E-state index in [2.05, 4.69) is 0 Å². The number of esters is 7. The molecule has 1 unspecified atom stereocenters. The van der Waals surface area contributed by atoms with Gasteiger partial charge in [0.25, 0.3) is 0 Å². The molecule has 0 amide bonds. The van der Waals surface area contributed by atoms with Gasteiger partial charge in [-0.1, -0.05) is 40.2 Å². The maximum atomic E-state index is 15.0. The van der Waals surface area contributed by atoms with Gasteiger partial charge in [-0.3, -0.25) is 48.5 Å². The average molecular weight is 1130 g/mol. The molecule has 5 heterocycles. The van der Waals surface area contributed by atoms with Crippen molar-refractivity contribution in [1.82, 2.24) is 0 Å². The van der Waals surface area contributed by atoms with Gasteiger partial charge in [0.2, 0.25) is 0 Å². The second-order valence-corrected chi connectivity index (χ2v) is 20.2. The van der Waals surface area contributed by atoms with Crippen molar-refractivity contribution in [2.45, 2.75) is 131 Å². The zero-order chi connectivity index (χ0) is 51.6. The van der Waals surface area contributed by atoms with E-state index in [-0.39, 0.29) is 115 Å². The first-order valence-corrected chi connectivity index (χ1v) is 23.5. The Morgan fingerprint density at radius 3 is 1.58 bits per heavy atom. The molecule has 18 nitrogen and oxygen atoms in total. The van der Waals surface area contributed by atoms with Gasteiger partial charge in [0.05, 0.1) is 68.0 Å². The number of allylic oxidation sites excluding steroid dienone is 6. The smallest absolute Gasteiger partial charge is 0.680 e. The van der Waals surface area contributed by atoms with E-state index in [9.17, 15) is 33.6 Å². The van der Waals surface area contributed by atoms with Crippen LogP contribution in [0.5, 0.6) is 0 Å². The summed E-state index contributed by atoms with van der Waals surface area (Å²) in [5, 5.41) is 5.61. The Kier molecular flexibility index (Phi) is 22.2. The number of ether oxygens (including phenoxy) is 7. The molecule has 5 aliphatic heterocycles. The van der Waals surface area contributed by atoms with Crippen LogP contribution < -0.4 is 0 Å². The van der Waals surface area contributed by atoms with Gasteiger partial charge in [0, 0.05) is 127 Å². The third-order valence-electron chi connectivity index (χ3n) is 16.4. The van der Waals surface area contributed by atoms with Crippen molar-refractivity contribution in [2.75, 3.05) is 49.8 Å². The topological polar surface area (TPSA) is 235 Å². The zero-order valence-corrected chi connectivity index (χ0v) is 48.8. The van der Waals surface area contributed by atoms with Crippen LogP contribution in [0.4, 0.5) is 0 Å². The Morgan fingerprint density at radius 2 is 1.08 bits per heavy atom. The molecule has 0 aromatic carbocycles. The largest absolute Gasteiger partial charge is 2.00 e. The Hall–Kier alpha value is -4.07. The molecule has 72 heavy (non-hydrogen) atoms. The molecule has 0 N–H and O–H groups in total. The molecular weight excluding hydrogens is 1050 g/mol. The maximum Gasteiger partial charge on any atom is 2.00 e. The normalized spacial score (nSPS) is 32.3. The Bertz CT molecular complexity index is 2340. The number of nitrogens with zero attached hydrogens (tertiary/aromatic N) is 4. The van der Waals surface area contributed by atoms with Gasteiger partial charge in [-0.15, -0.1) is 0 Å². The number of hydrogen-bond donors (Lipinski definition) is 0. The van der Waals surface area contributed by atoms with Crippen LogP contribution in [-0.4, -0.2) is 120 Å². The molecular formula is C52H74CoN4O14Y. The summed E-state index contributed by atoms with van der Waals surface area (Å²) in [6.07, 6.45) is 2.09. The standard InChI is InChI=1S/C51H71N4O14.CH3.Co.Y/c1-27-41-30(17-20-36(57)64-10)47(3,4)34(53-41)25-33-29(16-19-35(56)63-9)49(6,26-40(61)68-14)44(52-33)28(2)42-31(18-21-37(58)65-11)50(7,46(62)69-15)51(8,55-42)45-32(24-39(60)67-13)48(5,43(27)54-45)23-22-38(59)66-12;;;/h25,29-32,45H,16-24,26H2,1-15H3;1H3;;/q2*-1;+2;/t29-,30-,31-,32+,45?,48-,49+,50-,51+;;;/m1.../s1. The molecule has 5 aliphatic rings. The van der Waals surface area contributed by atoms with E-state index in [0.717, 1.165) is 0 Å². The first-order valence-electron chi connectivity index (χ1n) is 23.5. The summed E-state index contributed by atoms with van der Waals surface area (Å²) >= 11 is 0. The quantitative estimate of drug-likeness (QED) is 0.0786. The number of fused-ring (bicyclic) bond motifs is 6. The Labute approximate surface area is 460 Å². The van der Waals surface area contributed by atoms with Crippen LogP contribution in [0, 0.1) is 52.8 Å². The van der Waals surface area contributed by atoms with Gasteiger partial charge in [0.1, 0.15) is 0 Å². The number of carbonyl (C=O) groups excluding carboxylic acids is 7. The summed E-state index contributed by atoms with van der Waals surface area (Å²) in [7, 11) is 9.08. The molecule has 0 aliphatic carbocycles. The van der Waals surface area contributed by atoms with Crippen molar-refractivity contribution >= 4 is 58.9 Å². The van der Waals surface area contributed by atoms with Crippen molar-refractivity contribution < 1.29 is 116 Å². The third-order valence-corrected chi connectivity index (χ3v) is 16.4. The van der Waals surface area contributed by atoms with E-state index in [1.54, 1.807) is 13.8 Å². The SMILES string of the molecule is COC(=O)CC[C@@H]1/C2=C(\C)C3=NC([C@H](CC(=O)OC)[C@@]3(C)CCC(=O)OC)[C@]3(C)[N-]/C(=C(/C)C4=N/C(=C\C(=N2)C1(C)C)[C@@H](CCC(=O)OC)[C@]4(C)CC(=O)OC)[C@@H](CCC(=O)OC)[C@]3(C)C(=O)OC.[CH3-].[Co+2].[Y]. The molecule has 0 aromatic rings. The zero-order valence-electron chi connectivity index (χ0n) is 45.0. The summed E-state index contributed by atoms with van der Waals surface area (Å²) in [6, 6.07) is -0.996. The predicted octanol–water partition coefficient (Wildman–Crippen LogP) is 7.38. The fourth-order valence-corrected chi connectivity index (χ4v) is 12.0. The van der Waals surface area contributed by atoms with Gasteiger partial charge < -0.3 is 45.9 Å². The fourth-order valence-electron chi connectivity index (χ4n) is 12.0. The molecule has 398 valence electrons. The van der Waals surface area contributed by atoms with E-state index < -0.39 is 98.7 Å². The van der Waals surface area contributed by atoms with E-state index in [1.807, 2.05) is 47.6 Å². The van der Waals surface area contributed by atoms with Crippen LogP contribution in [0.1, 0.15) is 120 Å². The van der Waals surface area contributed by atoms with Crippen LogP contribution in [0.15, 0.2) is 49.3 Å². The Morgan fingerprint density at radius 1 is 0.597 bits per heavy atom. The minimum Gasteiger partial charge on any atom is -0.680 e. The number of aliphatic imine (C=N–C) groups is 3. The molecule has 1 fully saturated rings. The van der Waals surface area contributed by atoms with Gasteiger partial charge in [-0.05, 0) is 69.6 Å². The number of rotatable bonds is 17. The van der Waals surface area contributed by atoms with Crippen LogP contribution >= 0.6 is 0 Å². The van der Waals surface area contributed by atoms with Crippen LogP contribution in [0.2, 0.25) is 0 Å². The molecule has 5 rings (SSSR count). The molecule has 8 bridgehead atoms. The summed E-state index contributed by atoms with van der Waals surface area (Å²) in [5.74, 6) is -6.32. The van der Waals surface area contributed by atoms with E-state index in [0.29, 0.717) is 51.8 Å². The van der Waals surface area contributed by atoms with E-state index in [4.69, 9.17) is 53.5 Å². The summed E-state index contributed by atoms with van der Waals surface area (Å²) in [5.41, 5.74) is -1.97. The second kappa shape index (κ2) is 25.0. The minimum atomic E-state index is -1.61. The predicted molar refractivity (Wildman–Crippen MR) is 260 cm³/mol. The summed E-state index contributed by atoms with van der Waals surface area (Å²) < 4.78 is 36.9. The van der Waals surface area contributed by atoms with Crippen molar-refractivity contribution in [2.24, 2.45) is 60.3 Å². The van der Waals surface area contributed by atoms with Crippen LogP contribution in [0.25, 0.3) is 5.32 Å². The van der Waals surface area contributed by atoms with Gasteiger partial charge in [-0.25, -0.2) is 0 Å². The van der Waals surface area contributed by atoms with Crippen molar-refractivity contribution in [3.63, 3.8) is 0 Å². The third kappa shape index (κ3) is 11.4. The maximum absolute atomic E-state index is 15.0. The minimum absolute atomic E-state index is 0. The number of hydrogen-bond acceptors (Lipinski definition) is 17. The molecule has 9 atom stereocenters. The first-order chi connectivity index (χ1) is 32.3. The van der Waals surface area contributed by atoms with Gasteiger partial charge in [-0.2, -0.15) is 5.70 Å². The van der Waals surface area contributed by atoms with Crippen LogP contribution in [0.3, 0.4) is 0 Å². The van der Waals surface area contributed by atoms with Gasteiger partial charge in [0.15, 0.2) is 0 Å². The molecule has 1 saturated heterocycles. The first kappa shape index (κ1) is 64.0. The molecule has 0 saturated carbocycles. The molecule has 20 heteroatoms. The number of methoxy groups -OCH3 is 7. The monoisotopic (exact) mass is 1130 g/mol. The van der Waals surface area contributed by atoms with E-state index >= 15 is 0 Å². The molecule has 0 aromatic heterocycles. The number of carbonyl (C=O) groups is 7. The molecule has 0 spiro atoms. The Balaban J connectivity index is 0.00000592. The van der Waals surface area contributed by atoms with Crippen LogP contribution in [-0.2, 0) is 116 Å². The van der Waals surface area contributed by atoms with E-state index in [1.165, 1.54) is 49.8 Å². The van der Waals surface area contributed by atoms with Crippen molar-refractivity contribution in [3.05, 3.63) is 47.1 Å². The second-order valence-electron chi connectivity index (χ2n) is 20.2.